The Labute approximate surface area is 788 Å². The zero-order valence-electron chi connectivity index (χ0n) is 77.4. The third-order valence-electron chi connectivity index (χ3n) is 35.2. The molecule has 24 nitrogen and oxygen atoms in total. The first kappa shape index (κ1) is 95.6. The molecule has 15 aliphatic rings. The Morgan fingerprint density at radius 3 is 1.05 bits per heavy atom. The molecule has 6 aromatic rings. The molecule has 0 amide bonds. The van der Waals surface area contributed by atoms with Gasteiger partial charge in [-0.2, -0.15) is 0 Å². The van der Waals surface area contributed by atoms with Crippen LogP contribution in [0.2, 0.25) is 0 Å². The number of carbonyl (C=O) groups excluding carboxylic acids is 6. The van der Waals surface area contributed by atoms with E-state index in [1.165, 1.54) is 57.2 Å². The first-order valence-corrected chi connectivity index (χ1v) is 46.9. The Bertz CT molecular complexity index is 6060. The number of ketones is 6. The van der Waals surface area contributed by atoms with Gasteiger partial charge in [-0.15, -0.1) is 0 Å². The predicted octanol–water partition coefficient (Wildman–Crippen LogP) is 14.2. The number of anilines is 3. The number of alkyl halides is 6. The number of allylic oxidation sites excluding steroid dienone is 12. The number of hydrogen-bond donors (Lipinski definition) is 9. The Kier molecular flexibility index (Phi) is 23.7. The van der Waals surface area contributed by atoms with E-state index in [4.69, 9.17) is 54.1 Å². The van der Waals surface area contributed by atoms with Crippen LogP contribution in [0.25, 0.3) is 0 Å². The van der Waals surface area contributed by atoms with Gasteiger partial charge in [0.05, 0.1) is 62.2 Å². The van der Waals surface area contributed by atoms with Gasteiger partial charge in [-0.05, 0) is 245 Å². The van der Waals surface area contributed by atoms with Crippen LogP contribution < -0.4 is 31.0 Å². The highest BCUT2D eigenvalue weighted by atomic mass is 19.2. The van der Waals surface area contributed by atoms with E-state index in [-0.39, 0.29) is 74.5 Å². The van der Waals surface area contributed by atoms with Crippen molar-refractivity contribution in [1.29, 1.82) is 0 Å². The second-order valence-electron chi connectivity index (χ2n) is 41.4. The van der Waals surface area contributed by atoms with E-state index in [0.29, 0.717) is 58.2 Å². The van der Waals surface area contributed by atoms with Crippen molar-refractivity contribution in [2.45, 2.75) is 220 Å². The molecule has 726 valence electrons. The fourth-order valence-electron chi connectivity index (χ4n) is 28.5. The van der Waals surface area contributed by atoms with Crippen LogP contribution in [0.1, 0.15) is 157 Å². The summed E-state index contributed by atoms with van der Waals surface area (Å²) in [6.45, 7) is 7.40. The highest BCUT2D eigenvalue weighted by Crippen LogP contribution is 2.77. The first-order valence-electron chi connectivity index (χ1n) is 46.9. The Balaban J connectivity index is 0.000000132. The zero-order chi connectivity index (χ0) is 97.6. The lowest BCUT2D eigenvalue weighted by atomic mass is 9.44. The minimum atomic E-state index is -2.30. The number of methoxy groups -OCH3 is 2. The smallest absolute Gasteiger partial charge is 0.193 e. The Hall–Kier alpha value is -10.3. The van der Waals surface area contributed by atoms with Crippen LogP contribution >= 0.6 is 0 Å². The minimum Gasteiger partial charge on any atom is -0.495 e. The lowest BCUT2D eigenvalue weighted by molar-refractivity contribution is -0.235. The number of aliphatic hydroxyl groups is 6. The number of rotatable bonds is 18. The summed E-state index contributed by atoms with van der Waals surface area (Å²) >= 11 is 0. The van der Waals surface area contributed by atoms with Crippen LogP contribution in [0.5, 0.6) is 23.0 Å². The first-order chi connectivity index (χ1) is 65.0. The van der Waals surface area contributed by atoms with Gasteiger partial charge in [-0.3, -0.25) is 28.8 Å². The van der Waals surface area contributed by atoms with Gasteiger partial charge in [-0.1, -0.05) is 112 Å². The maximum absolute atomic E-state index is 17.6. The lowest BCUT2D eigenvalue weighted by Crippen LogP contribution is -2.70. The number of carbonyl (C=O) groups is 6. The summed E-state index contributed by atoms with van der Waals surface area (Å²) in [6, 6.07) is 40.8. The van der Waals surface area contributed by atoms with E-state index >= 15 is 26.3 Å². The van der Waals surface area contributed by atoms with E-state index in [1.54, 1.807) is 89.6 Å². The average Bonchev–Trinajstić information content (AvgIpc) is 1.60. The van der Waals surface area contributed by atoms with Gasteiger partial charge < -0.3 is 90.1 Å². The predicted molar refractivity (Wildman–Crippen MR) is 488 cm³/mol. The van der Waals surface area contributed by atoms with Gasteiger partial charge in [0.15, 0.2) is 87.4 Å². The number of nitrogens with two attached hydrogens (primary N) is 2. The highest BCUT2D eigenvalue weighted by Gasteiger charge is 2.84. The summed E-state index contributed by atoms with van der Waals surface area (Å²) in [7, 11) is 5.03. The summed E-state index contributed by atoms with van der Waals surface area (Å²) < 4.78 is 156. The molecule has 21 rings (SSSR count). The Morgan fingerprint density at radius 2 is 0.730 bits per heavy atom. The summed E-state index contributed by atoms with van der Waals surface area (Å²) in [5.41, 5.74) is -0.192. The SMILES string of the molecule is CNc1ccc(Cc2ccc([C@@H]3O[C@@H]4C[C@H]5[C@@H]6C[C@H](F)C7=CC(=O)C=C[C@]7(C)[C@@]6(F)[C@@H](O)C[C@]5(C)[C@]4(C(=O)CO)O3)cc2)cc1OC.COc1cc(Cc2ccc([C@@H]3O[C@@H]4C[C@H]5[C@@H]6C[C@H](F)C7=CC(=O)C=C[C@]7(C)[C@@]6(F)[C@@H](O)C[C@]5(C)[C@]4(C(=O)CO)O3)cc2)ccc1N.C[C@]12C=CC(=O)C=C1[C@@H](F)C[C@H]1[C@@H]3C[C@H]4O[C@@H](c5ccc(Oc6ccc(N)cc6)cc5)O[C@@]4(C(=O)CO)[C@@]3(C)C[C@H](O)[C@@]12F. The summed E-state index contributed by atoms with van der Waals surface area (Å²) in [6.07, 6.45) is -3.22. The average molecular weight is 1890 g/mol. The number of nitrogen functional groups attached to an aromatic ring is 2. The van der Waals surface area contributed by atoms with Crippen LogP contribution in [-0.2, 0) is 70.0 Å². The summed E-state index contributed by atoms with van der Waals surface area (Å²) in [5.74, 6) is -5.41. The molecular weight excluding hydrogens is 1780 g/mol. The van der Waals surface area contributed by atoms with E-state index in [1.807, 2.05) is 85.9 Å². The van der Waals surface area contributed by atoms with Crippen LogP contribution in [0, 0.1) is 68.0 Å². The molecule has 3 aliphatic heterocycles. The molecule has 12 aliphatic carbocycles. The van der Waals surface area contributed by atoms with E-state index in [9.17, 15) is 59.4 Å². The van der Waals surface area contributed by atoms with Gasteiger partial charge in [0, 0.05) is 79.7 Å². The van der Waals surface area contributed by atoms with E-state index < -0.39 is 230 Å². The maximum Gasteiger partial charge on any atom is 0.193 e. The largest absolute Gasteiger partial charge is 0.495 e. The van der Waals surface area contributed by atoms with Crippen molar-refractivity contribution in [2.75, 3.05) is 57.9 Å². The molecule has 12 fully saturated rings. The van der Waals surface area contributed by atoms with Crippen molar-refractivity contribution < 1.29 is 128 Å². The molecule has 0 spiro atoms. The normalized spacial score (nSPS) is 41.0. The van der Waals surface area contributed by atoms with Gasteiger partial charge in [0.25, 0.3) is 0 Å². The molecule has 30 atom stereocenters. The van der Waals surface area contributed by atoms with Crippen molar-refractivity contribution in [1.82, 2.24) is 0 Å². The topological polar surface area (TPSA) is 371 Å². The molecule has 11 N–H and O–H groups in total. The third kappa shape index (κ3) is 13.8. The van der Waals surface area contributed by atoms with Crippen LogP contribution in [-0.4, -0.2) is 195 Å². The van der Waals surface area contributed by atoms with Crippen molar-refractivity contribution in [2.24, 2.45) is 68.0 Å². The van der Waals surface area contributed by atoms with Crippen molar-refractivity contribution >= 4 is 51.8 Å². The number of halogens is 6. The second-order valence-corrected chi connectivity index (χ2v) is 41.4. The number of hydrogen-bond acceptors (Lipinski definition) is 24. The van der Waals surface area contributed by atoms with Crippen molar-refractivity contribution in [3.8, 4) is 23.0 Å². The molecule has 3 heterocycles. The monoisotopic (exact) mass is 1890 g/mol. The number of ether oxygens (including phenoxy) is 9. The van der Waals surface area contributed by atoms with Crippen LogP contribution in [0.4, 0.5) is 43.4 Å². The van der Waals surface area contributed by atoms with Crippen LogP contribution in [0.3, 0.4) is 0 Å². The fourth-order valence-corrected chi connectivity index (χ4v) is 28.5. The maximum atomic E-state index is 17.6. The molecule has 0 aromatic heterocycles. The highest BCUT2D eigenvalue weighted by molar-refractivity contribution is 6.03. The summed E-state index contributed by atoms with van der Waals surface area (Å²) in [5, 5.41) is 68.7. The molecular formula is C107H115F6N3O21. The van der Waals surface area contributed by atoms with E-state index in [2.05, 4.69) is 5.32 Å². The lowest BCUT2D eigenvalue weighted by Gasteiger charge is -2.63. The Morgan fingerprint density at radius 1 is 0.423 bits per heavy atom. The van der Waals surface area contributed by atoms with Crippen molar-refractivity contribution in [3.05, 3.63) is 244 Å². The van der Waals surface area contributed by atoms with Gasteiger partial charge in [-0.25, -0.2) is 26.3 Å². The molecule has 0 radical (unpaired) electrons. The standard InChI is InChI=1S/C37H41F2NO7.C36H39F2NO7.C34H35F2NO7/c1-34-12-11-23(42)15-26(34)27(38)16-25-24-17-32-37(31(44)19-41,35(24,2)18-30(43)36(25,34)39)47-33(46-32)22-8-5-20(6-9-22)13-21-7-10-28(40-3)29(14-21)45-4;1-33-11-10-22(41)14-25(33)26(37)15-24-23-16-31-36(30(43)18-40,34(23,2)17-29(42)35(24,33)38)46-32(45-31)21-7-4-19(5-8-21)12-20-6-9-27(39)28(13-20)44-3;1-31-12-11-20(39)13-25(31)26(35)14-24-23-15-29-34(28(41)17-38,32(23,2)16-27(40)33(24,31)36)44-30(43-29)18-3-7-21(8-4-18)42-22-9-5-19(37)6-10-22/h5-12,14-15,24-25,27,30,32-33,40-41,43H,13,16-19H2,1-4H3;4-11,13-14,23-24,26,29,31-32,40,42H,12,15-18,39H2,1-3H3;3-13,23-24,26-27,29-30,38,40H,14-17,37H2,1-2H3/t24-,25-,27-,30-,32+,33+,34-,35-,36-,37+;23-,24-,26-,29-,31+,32+,33-,34-,35-,36+;23-,24-,26-,27-,29+,30+,31-,32-,33-,34+/m000/s1. The molecule has 30 heteroatoms. The van der Waals surface area contributed by atoms with Gasteiger partial charge >= 0.3 is 0 Å². The number of benzene rings is 6. The number of fused-ring (bicyclic) bond motifs is 21. The molecule has 0 unspecified atom stereocenters. The number of Topliss-reactive ketones (excluding diaryl/α,β-unsaturated/α-hetero) is 3. The third-order valence-corrected chi connectivity index (χ3v) is 35.2. The van der Waals surface area contributed by atoms with E-state index in [0.717, 1.165) is 51.9 Å². The second kappa shape index (κ2) is 34.0. The molecule has 9 saturated carbocycles. The van der Waals surface area contributed by atoms with Gasteiger partial charge in [0.2, 0.25) is 0 Å². The fraction of sp³-hybridized carbons (Fsp3) is 0.495. The number of aliphatic hydroxyl groups excluding tert-OH is 6. The van der Waals surface area contributed by atoms with Gasteiger partial charge in [0.1, 0.15) is 61.3 Å². The number of nitrogens with one attached hydrogen (secondary N) is 1. The quantitative estimate of drug-likeness (QED) is 0.0285. The molecule has 6 aromatic carbocycles. The molecule has 137 heavy (non-hydrogen) atoms. The summed E-state index contributed by atoms with van der Waals surface area (Å²) in [4.78, 5) is 77.6. The van der Waals surface area contributed by atoms with Crippen molar-refractivity contribution in [3.63, 3.8) is 0 Å². The zero-order valence-corrected chi connectivity index (χ0v) is 77.4. The van der Waals surface area contributed by atoms with Crippen LogP contribution in [0.15, 0.2) is 205 Å². The molecule has 3 saturated heterocycles. The molecule has 0 bridgehead atoms. The minimum absolute atomic E-state index is 0.0297.